The molecule has 4 N–H and O–H groups in total. The zero-order valence-corrected chi connectivity index (χ0v) is 14.5. The molecule has 0 bridgehead atoms. The van der Waals surface area contributed by atoms with E-state index in [1.807, 2.05) is 37.4 Å². The minimum absolute atomic E-state index is 0.294. The first-order chi connectivity index (χ1) is 11.5. The molecule has 7 nitrogen and oxygen atoms in total. The fraction of sp³-hybridized carbons (Fsp3) is 0.312. The van der Waals surface area contributed by atoms with Crippen molar-refractivity contribution in [3.05, 3.63) is 42.2 Å². The number of primary amides is 1. The van der Waals surface area contributed by atoms with Gasteiger partial charge in [0.2, 0.25) is 5.91 Å². The maximum absolute atomic E-state index is 12.4. The highest BCUT2D eigenvalue weighted by Crippen LogP contribution is 2.16. The molecule has 0 saturated heterocycles. The molecule has 0 spiro atoms. The van der Waals surface area contributed by atoms with Crippen molar-refractivity contribution < 1.29 is 9.59 Å². The van der Waals surface area contributed by atoms with Gasteiger partial charge in [-0.05, 0) is 49.6 Å². The van der Waals surface area contributed by atoms with Crippen LogP contribution < -0.4 is 16.4 Å². The van der Waals surface area contributed by atoms with Crippen LogP contribution in [0.25, 0.3) is 5.69 Å². The predicted molar refractivity (Wildman–Crippen MR) is 96.4 cm³/mol. The normalized spacial score (nSPS) is 11.8. The molecule has 0 aliphatic carbocycles. The molecule has 1 aromatic carbocycles. The van der Waals surface area contributed by atoms with Gasteiger partial charge in [-0.25, -0.2) is 9.48 Å². The van der Waals surface area contributed by atoms with Gasteiger partial charge in [-0.15, -0.1) is 0 Å². The first kappa shape index (κ1) is 17.9. The second-order valence-corrected chi connectivity index (χ2v) is 6.25. The summed E-state index contributed by atoms with van der Waals surface area (Å²) in [4.78, 5) is 23.5. The summed E-state index contributed by atoms with van der Waals surface area (Å²) >= 11 is 1.60. The van der Waals surface area contributed by atoms with Crippen molar-refractivity contribution in [3.8, 4) is 5.69 Å². The fourth-order valence-electron chi connectivity index (χ4n) is 2.26. The quantitative estimate of drug-likeness (QED) is 0.712. The Hall–Kier alpha value is -2.48. The van der Waals surface area contributed by atoms with Crippen LogP contribution in [0.4, 0.5) is 10.5 Å². The van der Waals surface area contributed by atoms with Gasteiger partial charge in [0.1, 0.15) is 6.04 Å². The van der Waals surface area contributed by atoms with Gasteiger partial charge in [-0.1, -0.05) is 6.07 Å². The number of urea groups is 1. The molecular weight excluding hydrogens is 326 g/mol. The molecule has 8 heteroatoms. The van der Waals surface area contributed by atoms with E-state index in [4.69, 9.17) is 5.73 Å². The van der Waals surface area contributed by atoms with Crippen LogP contribution in [0.3, 0.4) is 0 Å². The number of nitrogens with one attached hydrogen (secondary N) is 2. The molecule has 2 rings (SSSR count). The first-order valence-electron chi connectivity index (χ1n) is 7.48. The van der Waals surface area contributed by atoms with E-state index in [2.05, 4.69) is 15.7 Å². The van der Waals surface area contributed by atoms with Crippen molar-refractivity contribution in [1.29, 1.82) is 0 Å². The number of nitrogens with zero attached hydrogens (tertiary/aromatic N) is 2. The second-order valence-electron chi connectivity index (χ2n) is 5.27. The third kappa shape index (κ3) is 4.76. The smallest absolute Gasteiger partial charge is 0.312 e. The van der Waals surface area contributed by atoms with Gasteiger partial charge in [-0.3, -0.25) is 4.79 Å². The first-order valence-corrected chi connectivity index (χ1v) is 8.87. The highest BCUT2D eigenvalue weighted by atomic mass is 32.2. The molecule has 3 amide bonds. The number of aryl methyl sites for hydroxylation is 1. The molecule has 1 aromatic heterocycles. The molecule has 0 radical (unpaired) electrons. The lowest BCUT2D eigenvalue weighted by atomic mass is 10.2. The number of hydrogen-bond donors (Lipinski definition) is 3. The van der Waals surface area contributed by atoms with Crippen LogP contribution in [0.5, 0.6) is 0 Å². The third-order valence-electron chi connectivity index (χ3n) is 3.43. The van der Waals surface area contributed by atoms with Gasteiger partial charge in [-0.2, -0.15) is 16.9 Å². The van der Waals surface area contributed by atoms with Crippen LogP contribution in [0.15, 0.2) is 36.5 Å². The van der Waals surface area contributed by atoms with Crippen molar-refractivity contribution >= 4 is 29.4 Å². The number of anilines is 1. The van der Waals surface area contributed by atoms with E-state index in [1.54, 1.807) is 28.7 Å². The Bertz CT molecular complexity index is 716. The van der Waals surface area contributed by atoms with Crippen LogP contribution in [0.1, 0.15) is 12.1 Å². The predicted octanol–water partition coefficient (Wildman–Crippen LogP) is 1.91. The summed E-state index contributed by atoms with van der Waals surface area (Å²) in [5.41, 5.74) is 7.62. The Morgan fingerprint density at radius 3 is 2.79 bits per heavy atom. The highest BCUT2D eigenvalue weighted by molar-refractivity contribution is 7.98. The van der Waals surface area contributed by atoms with E-state index < -0.39 is 12.1 Å². The lowest BCUT2D eigenvalue weighted by Crippen LogP contribution is -2.46. The van der Waals surface area contributed by atoms with Gasteiger partial charge >= 0.3 is 6.03 Å². The number of hydrogen-bond acceptors (Lipinski definition) is 4. The average Bonchev–Trinajstić information content (AvgIpc) is 2.97. The number of amides is 3. The number of benzene rings is 1. The van der Waals surface area contributed by atoms with E-state index >= 15 is 0 Å². The molecule has 128 valence electrons. The molecule has 0 aliphatic rings. The topological polar surface area (TPSA) is 102 Å². The summed E-state index contributed by atoms with van der Waals surface area (Å²) < 4.78 is 1.78. The maximum Gasteiger partial charge on any atom is 0.312 e. The SMILES string of the molecule is CSCCC(NC(N)=O)C(=O)Nc1cccc(-n2nccc2C)c1. The summed E-state index contributed by atoms with van der Waals surface area (Å²) in [6, 6.07) is 7.89. The fourth-order valence-corrected chi connectivity index (χ4v) is 2.73. The van der Waals surface area contributed by atoms with Crippen LogP contribution in [-0.4, -0.2) is 39.8 Å². The number of carbonyl (C=O) groups excluding carboxylic acids is 2. The molecule has 2 aromatic rings. The van der Waals surface area contributed by atoms with E-state index in [0.29, 0.717) is 12.1 Å². The minimum atomic E-state index is -0.711. The van der Waals surface area contributed by atoms with E-state index in [9.17, 15) is 9.59 Å². The Kier molecular flexibility index (Phi) is 6.25. The minimum Gasteiger partial charge on any atom is -0.352 e. The molecule has 1 heterocycles. The number of rotatable bonds is 7. The van der Waals surface area contributed by atoms with Gasteiger partial charge in [0, 0.05) is 17.6 Å². The lowest BCUT2D eigenvalue weighted by molar-refractivity contribution is -0.117. The van der Waals surface area contributed by atoms with Gasteiger partial charge < -0.3 is 16.4 Å². The Morgan fingerprint density at radius 1 is 1.38 bits per heavy atom. The zero-order chi connectivity index (χ0) is 17.5. The van der Waals surface area contributed by atoms with Crippen molar-refractivity contribution in [1.82, 2.24) is 15.1 Å². The standard InChI is InChI=1S/C16H21N5O2S/c1-11-6-8-18-21(11)13-5-3-4-12(10-13)19-15(22)14(7-9-24-2)20-16(17)23/h3-6,8,10,14H,7,9H2,1-2H3,(H,19,22)(H3,17,20,23). The van der Waals surface area contributed by atoms with Gasteiger partial charge in [0.05, 0.1) is 5.69 Å². The van der Waals surface area contributed by atoms with Gasteiger partial charge in [0.15, 0.2) is 0 Å². The summed E-state index contributed by atoms with van der Waals surface area (Å²) in [7, 11) is 0. The number of aromatic nitrogens is 2. The molecule has 1 unspecified atom stereocenters. The molecule has 0 saturated carbocycles. The van der Waals surface area contributed by atoms with Crippen LogP contribution in [0.2, 0.25) is 0 Å². The van der Waals surface area contributed by atoms with Crippen LogP contribution >= 0.6 is 11.8 Å². The maximum atomic E-state index is 12.4. The average molecular weight is 347 g/mol. The Labute approximate surface area is 145 Å². The number of carbonyl (C=O) groups is 2. The summed E-state index contributed by atoms with van der Waals surface area (Å²) in [5.74, 6) is 0.447. The summed E-state index contributed by atoms with van der Waals surface area (Å²) in [6.45, 7) is 1.95. The second kappa shape index (κ2) is 8.39. The Balaban J connectivity index is 2.12. The molecule has 0 aliphatic heterocycles. The largest absolute Gasteiger partial charge is 0.352 e. The zero-order valence-electron chi connectivity index (χ0n) is 13.7. The highest BCUT2D eigenvalue weighted by Gasteiger charge is 2.19. The van der Waals surface area contributed by atoms with Gasteiger partial charge in [0.25, 0.3) is 0 Å². The number of nitrogens with two attached hydrogens (primary N) is 1. The molecule has 0 fully saturated rings. The lowest BCUT2D eigenvalue weighted by Gasteiger charge is -2.17. The van der Waals surface area contributed by atoms with Crippen molar-refractivity contribution in [2.75, 3.05) is 17.3 Å². The van der Waals surface area contributed by atoms with Crippen LogP contribution in [0, 0.1) is 6.92 Å². The summed E-state index contributed by atoms with van der Waals surface area (Å²) in [5, 5.41) is 9.55. The van der Waals surface area contributed by atoms with Crippen molar-refractivity contribution in [3.63, 3.8) is 0 Å². The van der Waals surface area contributed by atoms with E-state index in [1.165, 1.54) is 0 Å². The van der Waals surface area contributed by atoms with Crippen LogP contribution in [-0.2, 0) is 4.79 Å². The Morgan fingerprint density at radius 2 is 2.17 bits per heavy atom. The van der Waals surface area contributed by atoms with E-state index in [-0.39, 0.29) is 5.91 Å². The molecule has 1 atom stereocenters. The van der Waals surface area contributed by atoms with Crippen molar-refractivity contribution in [2.45, 2.75) is 19.4 Å². The van der Waals surface area contributed by atoms with E-state index in [0.717, 1.165) is 17.1 Å². The van der Waals surface area contributed by atoms with Crippen molar-refractivity contribution in [2.24, 2.45) is 5.73 Å². The third-order valence-corrected chi connectivity index (χ3v) is 4.08. The summed E-state index contributed by atoms with van der Waals surface area (Å²) in [6.07, 6.45) is 4.17. The number of thioether (sulfide) groups is 1. The molecule has 24 heavy (non-hydrogen) atoms. The molecular formula is C16H21N5O2S. The monoisotopic (exact) mass is 347 g/mol.